The first-order chi connectivity index (χ1) is 5.74. The van der Waals surface area contributed by atoms with E-state index in [4.69, 9.17) is 0 Å². The molecular formula is C9H15N3. The smallest absolute Gasteiger partial charge is 0.0836 e. The second kappa shape index (κ2) is 2.61. The standard InChI is InChI=1S/C9H15N3/c1-4-7-5-10-9-6(2)8(7)12(3)11-9/h4,6,9-11H,1,5H2,2-3H3/t6-,9+/m0/s1. The van der Waals surface area contributed by atoms with Crippen LogP contribution in [-0.4, -0.2) is 24.8 Å². The van der Waals surface area contributed by atoms with Crippen molar-refractivity contribution in [2.45, 2.75) is 13.1 Å². The van der Waals surface area contributed by atoms with Crippen LogP contribution < -0.4 is 10.7 Å². The Labute approximate surface area is 73.1 Å². The number of rotatable bonds is 1. The number of hydrogen-bond donors (Lipinski definition) is 2. The Morgan fingerprint density at radius 1 is 1.67 bits per heavy atom. The lowest BCUT2D eigenvalue weighted by Crippen LogP contribution is -2.44. The van der Waals surface area contributed by atoms with Crippen LogP contribution in [0, 0.1) is 5.92 Å². The van der Waals surface area contributed by atoms with Crippen molar-refractivity contribution < 1.29 is 0 Å². The second-order valence-corrected chi connectivity index (χ2v) is 3.45. The normalized spacial score (nSPS) is 34.3. The van der Waals surface area contributed by atoms with Gasteiger partial charge in [0.05, 0.1) is 6.17 Å². The Morgan fingerprint density at radius 2 is 2.42 bits per heavy atom. The van der Waals surface area contributed by atoms with Crippen molar-refractivity contribution >= 4 is 0 Å². The molecule has 2 atom stereocenters. The van der Waals surface area contributed by atoms with Crippen molar-refractivity contribution in [3.8, 4) is 0 Å². The zero-order chi connectivity index (χ0) is 8.72. The predicted octanol–water partition coefficient (Wildman–Crippen LogP) is 0.442. The summed E-state index contributed by atoms with van der Waals surface area (Å²) in [5.74, 6) is 0.553. The van der Waals surface area contributed by atoms with Crippen LogP contribution >= 0.6 is 0 Å². The molecule has 0 amide bonds. The molecule has 0 aromatic rings. The van der Waals surface area contributed by atoms with E-state index < -0.39 is 0 Å². The molecule has 2 heterocycles. The Morgan fingerprint density at radius 3 is 3.08 bits per heavy atom. The molecule has 0 spiro atoms. The molecule has 0 aromatic carbocycles. The number of nitrogens with zero attached hydrogens (tertiary/aromatic N) is 1. The minimum absolute atomic E-state index is 0.411. The van der Waals surface area contributed by atoms with Crippen LogP contribution in [0.3, 0.4) is 0 Å². The zero-order valence-corrected chi connectivity index (χ0v) is 7.59. The Balaban J connectivity index is 2.41. The Hall–Kier alpha value is -0.800. The van der Waals surface area contributed by atoms with E-state index >= 15 is 0 Å². The fourth-order valence-electron chi connectivity index (χ4n) is 2.07. The molecule has 1 saturated heterocycles. The molecule has 0 unspecified atom stereocenters. The van der Waals surface area contributed by atoms with Crippen LogP contribution in [-0.2, 0) is 0 Å². The van der Waals surface area contributed by atoms with Crippen molar-refractivity contribution in [2.24, 2.45) is 5.92 Å². The molecule has 3 heteroatoms. The van der Waals surface area contributed by atoms with Gasteiger partial charge in [0, 0.05) is 25.2 Å². The van der Waals surface area contributed by atoms with Gasteiger partial charge in [-0.1, -0.05) is 19.6 Å². The summed E-state index contributed by atoms with van der Waals surface area (Å²) in [4.78, 5) is 0. The second-order valence-electron chi connectivity index (χ2n) is 3.45. The summed E-state index contributed by atoms with van der Waals surface area (Å²) in [7, 11) is 2.06. The summed E-state index contributed by atoms with van der Waals surface area (Å²) in [6, 6.07) is 0. The SMILES string of the molecule is C=CC1=C2[C@H](C)[C@H](NC1)NN2C. The molecule has 66 valence electrons. The van der Waals surface area contributed by atoms with Gasteiger partial charge < -0.3 is 5.01 Å². The lowest BCUT2D eigenvalue weighted by Gasteiger charge is -2.22. The van der Waals surface area contributed by atoms with Crippen LogP contribution in [0.25, 0.3) is 0 Å². The van der Waals surface area contributed by atoms with Crippen LogP contribution in [0.4, 0.5) is 0 Å². The summed E-state index contributed by atoms with van der Waals surface area (Å²) in [5.41, 5.74) is 6.04. The highest BCUT2D eigenvalue weighted by molar-refractivity contribution is 5.31. The molecular weight excluding hydrogens is 150 g/mol. The summed E-state index contributed by atoms with van der Waals surface area (Å²) in [6.07, 6.45) is 2.35. The molecule has 0 aliphatic carbocycles. The van der Waals surface area contributed by atoms with Gasteiger partial charge in [-0.2, -0.15) is 0 Å². The summed E-state index contributed by atoms with van der Waals surface area (Å²) >= 11 is 0. The monoisotopic (exact) mass is 165 g/mol. The average Bonchev–Trinajstić information content (AvgIpc) is 2.28. The van der Waals surface area contributed by atoms with Gasteiger partial charge in [0.25, 0.3) is 0 Å². The number of nitrogens with one attached hydrogen (secondary N) is 2. The third kappa shape index (κ3) is 0.901. The number of fused-ring (bicyclic) bond motifs is 2. The van der Waals surface area contributed by atoms with Crippen molar-refractivity contribution in [3.05, 3.63) is 23.9 Å². The Kier molecular flexibility index (Phi) is 1.70. The van der Waals surface area contributed by atoms with Gasteiger partial charge in [0.15, 0.2) is 0 Å². The molecule has 2 rings (SSSR count). The molecule has 1 fully saturated rings. The van der Waals surface area contributed by atoms with Gasteiger partial charge in [-0.15, -0.1) is 0 Å². The van der Waals surface area contributed by atoms with Crippen molar-refractivity contribution in [3.63, 3.8) is 0 Å². The maximum Gasteiger partial charge on any atom is 0.0836 e. The molecule has 2 aliphatic heterocycles. The lowest BCUT2D eigenvalue weighted by molar-refractivity contribution is 0.309. The first-order valence-corrected chi connectivity index (χ1v) is 4.33. The highest BCUT2D eigenvalue weighted by atomic mass is 15.6. The summed E-state index contributed by atoms with van der Waals surface area (Å²) in [6.45, 7) is 6.98. The van der Waals surface area contributed by atoms with E-state index in [1.807, 2.05) is 6.08 Å². The quantitative estimate of drug-likeness (QED) is 0.590. The van der Waals surface area contributed by atoms with E-state index in [1.165, 1.54) is 11.3 Å². The van der Waals surface area contributed by atoms with E-state index in [0.29, 0.717) is 12.1 Å². The number of hydrazine groups is 1. The fraction of sp³-hybridized carbons (Fsp3) is 0.556. The van der Waals surface area contributed by atoms with E-state index in [9.17, 15) is 0 Å². The van der Waals surface area contributed by atoms with Crippen LogP contribution in [0.2, 0.25) is 0 Å². The van der Waals surface area contributed by atoms with Crippen LogP contribution in [0.5, 0.6) is 0 Å². The van der Waals surface area contributed by atoms with Crippen molar-refractivity contribution in [1.82, 2.24) is 15.8 Å². The van der Waals surface area contributed by atoms with Gasteiger partial charge in [-0.25, -0.2) is 5.43 Å². The highest BCUT2D eigenvalue weighted by Gasteiger charge is 2.36. The minimum Gasteiger partial charge on any atom is -0.313 e. The Bertz CT molecular complexity index is 244. The molecule has 0 saturated carbocycles. The number of hydrogen-bond acceptors (Lipinski definition) is 3. The maximum absolute atomic E-state index is 3.82. The van der Waals surface area contributed by atoms with Crippen LogP contribution in [0.15, 0.2) is 23.9 Å². The van der Waals surface area contributed by atoms with Gasteiger partial charge in [0.2, 0.25) is 0 Å². The fourth-order valence-corrected chi connectivity index (χ4v) is 2.07. The predicted molar refractivity (Wildman–Crippen MR) is 49.1 cm³/mol. The van der Waals surface area contributed by atoms with E-state index in [2.05, 4.69) is 36.3 Å². The van der Waals surface area contributed by atoms with Gasteiger partial charge >= 0.3 is 0 Å². The third-order valence-electron chi connectivity index (χ3n) is 2.71. The van der Waals surface area contributed by atoms with Crippen LogP contribution in [0.1, 0.15) is 6.92 Å². The first-order valence-electron chi connectivity index (χ1n) is 4.33. The zero-order valence-electron chi connectivity index (χ0n) is 7.59. The lowest BCUT2D eigenvalue weighted by atomic mass is 9.97. The minimum atomic E-state index is 0.411. The largest absolute Gasteiger partial charge is 0.313 e. The van der Waals surface area contributed by atoms with Gasteiger partial charge in [0.1, 0.15) is 0 Å². The molecule has 2 aliphatic rings. The highest BCUT2D eigenvalue weighted by Crippen LogP contribution is 2.29. The molecule has 0 radical (unpaired) electrons. The van der Waals surface area contributed by atoms with Gasteiger partial charge in [-0.05, 0) is 5.57 Å². The maximum atomic E-state index is 3.82. The summed E-state index contributed by atoms with van der Waals surface area (Å²) < 4.78 is 0. The topological polar surface area (TPSA) is 27.3 Å². The molecule has 3 nitrogen and oxygen atoms in total. The van der Waals surface area contributed by atoms with Crippen molar-refractivity contribution in [2.75, 3.05) is 13.6 Å². The van der Waals surface area contributed by atoms with E-state index in [0.717, 1.165) is 6.54 Å². The van der Waals surface area contributed by atoms with Crippen molar-refractivity contribution in [1.29, 1.82) is 0 Å². The average molecular weight is 165 g/mol. The van der Waals surface area contributed by atoms with Gasteiger partial charge in [-0.3, -0.25) is 5.32 Å². The molecule has 0 aromatic heterocycles. The first kappa shape index (κ1) is 7.83. The molecule has 2 N–H and O–H groups in total. The van der Waals surface area contributed by atoms with E-state index in [1.54, 1.807) is 0 Å². The molecule has 2 bridgehead atoms. The summed E-state index contributed by atoms with van der Waals surface area (Å²) in [5, 5.41) is 5.51. The third-order valence-corrected chi connectivity index (χ3v) is 2.71. The van der Waals surface area contributed by atoms with E-state index in [-0.39, 0.29) is 0 Å². The molecule has 12 heavy (non-hydrogen) atoms.